The Labute approximate surface area is 102 Å². The van der Waals surface area contributed by atoms with Gasteiger partial charge in [-0.1, -0.05) is 0 Å². The van der Waals surface area contributed by atoms with Gasteiger partial charge in [0, 0.05) is 44.3 Å². The summed E-state index contributed by atoms with van der Waals surface area (Å²) in [5, 5.41) is 0. The molecule has 94 valence electrons. The van der Waals surface area contributed by atoms with Gasteiger partial charge in [0.1, 0.15) is 0 Å². The molecule has 2 rings (SSSR count). The molecule has 1 fully saturated rings. The van der Waals surface area contributed by atoms with Crippen molar-refractivity contribution >= 4 is 5.78 Å². The fourth-order valence-corrected chi connectivity index (χ4v) is 2.24. The van der Waals surface area contributed by atoms with Gasteiger partial charge in [-0.05, 0) is 26.0 Å². The quantitative estimate of drug-likeness (QED) is 0.739. The number of carbonyl (C=O) groups is 1. The number of nitrogens with zero attached hydrogens (tertiary/aromatic N) is 2. The van der Waals surface area contributed by atoms with Crippen molar-refractivity contribution in [2.24, 2.45) is 7.05 Å². The maximum absolute atomic E-state index is 12.0. The summed E-state index contributed by atoms with van der Waals surface area (Å²) in [6, 6.07) is 2.36. The molecule has 0 amide bonds. The normalized spacial score (nSPS) is 17.6. The standard InChI is InChI=1S/C13H20N2O2/c1-14-6-3-11(9-14)13(16)10-15(2)12-4-7-17-8-5-12/h3,6,9,12H,4-5,7-8,10H2,1-2H3. The predicted octanol–water partition coefficient (Wildman–Crippen LogP) is 1.32. The minimum absolute atomic E-state index is 0.194. The van der Waals surface area contributed by atoms with Gasteiger partial charge in [0.25, 0.3) is 0 Å². The lowest BCUT2D eigenvalue weighted by Crippen LogP contribution is -2.39. The molecule has 0 atom stereocenters. The molecule has 0 N–H and O–H groups in total. The lowest BCUT2D eigenvalue weighted by molar-refractivity contribution is 0.0418. The van der Waals surface area contributed by atoms with Crippen LogP contribution in [0, 0.1) is 0 Å². The highest BCUT2D eigenvalue weighted by Crippen LogP contribution is 2.13. The predicted molar refractivity (Wildman–Crippen MR) is 66.2 cm³/mol. The molecule has 0 radical (unpaired) electrons. The Bertz CT molecular complexity index is 381. The molecule has 0 aromatic carbocycles. The second kappa shape index (κ2) is 5.47. The number of likely N-dealkylation sites (N-methyl/N-ethyl adjacent to an activating group) is 1. The number of aromatic nitrogens is 1. The molecule has 17 heavy (non-hydrogen) atoms. The van der Waals surface area contributed by atoms with Gasteiger partial charge >= 0.3 is 0 Å². The Balaban J connectivity index is 1.89. The van der Waals surface area contributed by atoms with Crippen LogP contribution < -0.4 is 0 Å². The molecule has 0 bridgehead atoms. The Morgan fingerprint density at radius 1 is 1.53 bits per heavy atom. The Morgan fingerprint density at radius 3 is 2.82 bits per heavy atom. The highest BCUT2D eigenvalue weighted by molar-refractivity contribution is 5.97. The van der Waals surface area contributed by atoms with Crippen LogP contribution in [0.5, 0.6) is 0 Å². The molecular weight excluding hydrogens is 216 g/mol. The average molecular weight is 236 g/mol. The monoisotopic (exact) mass is 236 g/mol. The molecule has 1 aromatic heterocycles. The number of hydrogen-bond acceptors (Lipinski definition) is 3. The molecule has 0 aliphatic carbocycles. The second-order valence-corrected chi connectivity index (χ2v) is 4.75. The number of aryl methyl sites for hydroxylation is 1. The van der Waals surface area contributed by atoms with Crippen LogP contribution in [0.25, 0.3) is 0 Å². The Kier molecular flexibility index (Phi) is 3.97. The van der Waals surface area contributed by atoms with Crippen LogP contribution in [0.2, 0.25) is 0 Å². The summed E-state index contributed by atoms with van der Waals surface area (Å²) in [6.07, 6.45) is 5.83. The van der Waals surface area contributed by atoms with E-state index in [1.807, 2.05) is 37.1 Å². The zero-order valence-corrected chi connectivity index (χ0v) is 10.6. The summed E-state index contributed by atoms with van der Waals surface area (Å²) in [5.41, 5.74) is 0.798. The largest absolute Gasteiger partial charge is 0.381 e. The zero-order valence-electron chi connectivity index (χ0n) is 10.6. The number of carbonyl (C=O) groups excluding carboxylic acids is 1. The third kappa shape index (κ3) is 3.17. The molecule has 0 unspecified atom stereocenters. The number of hydrogen-bond donors (Lipinski definition) is 0. The van der Waals surface area contributed by atoms with Crippen LogP contribution in [-0.4, -0.2) is 48.1 Å². The maximum Gasteiger partial charge on any atom is 0.178 e. The van der Waals surface area contributed by atoms with Gasteiger partial charge in [-0.15, -0.1) is 0 Å². The first-order chi connectivity index (χ1) is 8.16. The van der Waals surface area contributed by atoms with Crippen molar-refractivity contribution in [1.29, 1.82) is 0 Å². The van der Waals surface area contributed by atoms with E-state index in [1.165, 1.54) is 0 Å². The lowest BCUT2D eigenvalue weighted by atomic mass is 10.1. The molecule has 0 spiro atoms. The van der Waals surface area contributed by atoms with E-state index < -0.39 is 0 Å². The fourth-order valence-electron chi connectivity index (χ4n) is 2.24. The summed E-state index contributed by atoms with van der Waals surface area (Å²) in [5.74, 6) is 0.194. The third-order valence-corrected chi connectivity index (χ3v) is 3.36. The first kappa shape index (κ1) is 12.3. The van der Waals surface area contributed by atoms with Crippen LogP contribution in [0.3, 0.4) is 0 Å². The summed E-state index contributed by atoms with van der Waals surface area (Å²) >= 11 is 0. The average Bonchev–Trinajstić information content (AvgIpc) is 2.77. The van der Waals surface area contributed by atoms with Crippen molar-refractivity contribution < 1.29 is 9.53 Å². The fraction of sp³-hybridized carbons (Fsp3) is 0.615. The number of Topliss-reactive ketones (excluding diaryl/α,β-unsaturated/α-hetero) is 1. The zero-order chi connectivity index (χ0) is 12.3. The van der Waals surface area contributed by atoms with Gasteiger partial charge in [0.05, 0.1) is 6.54 Å². The molecule has 4 heteroatoms. The van der Waals surface area contributed by atoms with Crippen molar-refractivity contribution in [2.75, 3.05) is 26.8 Å². The van der Waals surface area contributed by atoms with Crippen molar-refractivity contribution in [1.82, 2.24) is 9.47 Å². The van der Waals surface area contributed by atoms with Crippen molar-refractivity contribution in [3.05, 3.63) is 24.0 Å². The summed E-state index contributed by atoms with van der Waals surface area (Å²) in [7, 11) is 3.95. The highest BCUT2D eigenvalue weighted by atomic mass is 16.5. The van der Waals surface area contributed by atoms with E-state index in [9.17, 15) is 4.79 Å². The van der Waals surface area contributed by atoms with Gasteiger partial charge in [-0.2, -0.15) is 0 Å². The van der Waals surface area contributed by atoms with Crippen LogP contribution in [0.4, 0.5) is 0 Å². The third-order valence-electron chi connectivity index (χ3n) is 3.36. The number of ether oxygens (including phenoxy) is 1. The highest BCUT2D eigenvalue weighted by Gasteiger charge is 2.20. The molecule has 1 aliphatic rings. The second-order valence-electron chi connectivity index (χ2n) is 4.75. The van der Waals surface area contributed by atoms with Crippen LogP contribution in [0.1, 0.15) is 23.2 Å². The van der Waals surface area contributed by atoms with Gasteiger partial charge in [-0.25, -0.2) is 0 Å². The minimum atomic E-state index is 0.194. The van der Waals surface area contributed by atoms with Gasteiger partial charge < -0.3 is 9.30 Å². The van der Waals surface area contributed by atoms with E-state index in [1.54, 1.807) is 0 Å². The van der Waals surface area contributed by atoms with Crippen LogP contribution in [-0.2, 0) is 11.8 Å². The molecule has 1 aliphatic heterocycles. The van der Waals surface area contributed by atoms with Crippen molar-refractivity contribution in [2.45, 2.75) is 18.9 Å². The Hall–Kier alpha value is -1.13. The topological polar surface area (TPSA) is 34.5 Å². The lowest BCUT2D eigenvalue weighted by Gasteiger charge is -2.30. The summed E-state index contributed by atoms with van der Waals surface area (Å²) < 4.78 is 7.23. The van der Waals surface area contributed by atoms with Crippen molar-refractivity contribution in [3.63, 3.8) is 0 Å². The molecule has 1 saturated heterocycles. The van der Waals surface area contributed by atoms with E-state index in [0.717, 1.165) is 31.6 Å². The molecule has 2 heterocycles. The maximum atomic E-state index is 12.0. The van der Waals surface area contributed by atoms with Crippen LogP contribution >= 0.6 is 0 Å². The smallest absolute Gasteiger partial charge is 0.178 e. The summed E-state index contributed by atoms with van der Waals surface area (Å²) in [4.78, 5) is 14.2. The number of rotatable bonds is 4. The Morgan fingerprint density at radius 2 is 2.24 bits per heavy atom. The van der Waals surface area contributed by atoms with E-state index in [-0.39, 0.29) is 5.78 Å². The van der Waals surface area contributed by atoms with E-state index in [0.29, 0.717) is 12.6 Å². The molecule has 1 aromatic rings. The molecule has 0 saturated carbocycles. The number of ketones is 1. The first-order valence-electron chi connectivity index (χ1n) is 6.10. The van der Waals surface area contributed by atoms with E-state index in [2.05, 4.69) is 4.90 Å². The van der Waals surface area contributed by atoms with Crippen molar-refractivity contribution in [3.8, 4) is 0 Å². The van der Waals surface area contributed by atoms with Crippen LogP contribution in [0.15, 0.2) is 18.5 Å². The summed E-state index contributed by atoms with van der Waals surface area (Å²) in [6.45, 7) is 2.12. The van der Waals surface area contributed by atoms with Gasteiger partial charge in [0.15, 0.2) is 5.78 Å². The SMILES string of the molecule is CN(CC(=O)c1ccn(C)c1)C1CCOCC1. The minimum Gasteiger partial charge on any atom is -0.381 e. The molecule has 4 nitrogen and oxygen atoms in total. The van der Waals surface area contributed by atoms with Gasteiger partial charge in [0.2, 0.25) is 0 Å². The molecular formula is C13H20N2O2. The van der Waals surface area contributed by atoms with E-state index >= 15 is 0 Å². The first-order valence-corrected chi connectivity index (χ1v) is 6.10. The van der Waals surface area contributed by atoms with Gasteiger partial charge in [-0.3, -0.25) is 9.69 Å². The van der Waals surface area contributed by atoms with E-state index in [4.69, 9.17) is 4.74 Å².